The van der Waals surface area contributed by atoms with Crippen LogP contribution in [0.2, 0.25) is 0 Å². The van der Waals surface area contributed by atoms with Crippen LogP contribution in [0.4, 0.5) is 5.82 Å². The van der Waals surface area contributed by atoms with Crippen LogP contribution in [0.1, 0.15) is 11.4 Å². The summed E-state index contributed by atoms with van der Waals surface area (Å²) in [5, 5.41) is -0.539. The van der Waals surface area contributed by atoms with E-state index in [2.05, 4.69) is 9.97 Å². The number of rotatable bonds is 3. The maximum atomic E-state index is 11.9. The fraction of sp³-hybridized carbons (Fsp3) is 0.636. The summed E-state index contributed by atoms with van der Waals surface area (Å²) >= 11 is 7.55. The number of alkyl halides is 1. The van der Waals surface area contributed by atoms with E-state index in [1.54, 1.807) is 24.9 Å². The van der Waals surface area contributed by atoms with Gasteiger partial charge in [0.1, 0.15) is 17.0 Å². The summed E-state index contributed by atoms with van der Waals surface area (Å²) in [5.74, 6) is 2.99. The van der Waals surface area contributed by atoms with E-state index >= 15 is 0 Å². The lowest BCUT2D eigenvalue weighted by Gasteiger charge is -2.35. The molecule has 0 bridgehead atoms. The van der Waals surface area contributed by atoms with Crippen LogP contribution in [-0.4, -0.2) is 48.1 Å². The SMILES string of the molecule is Cc1ncc(CCl)c(N2CCSCC2S(C)(=O)=O)n1. The van der Waals surface area contributed by atoms with Crippen LogP contribution in [0.3, 0.4) is 0 Å². The van der Waals surface area contributed by atoms with Gasteiger partial charge in [-0.15, -0.1) is 11.6 Å². The Hall–Kier alpha value is -0.530. The topological polar surface area (TPSA) is 63.2 Å². The summed E-state index contributed by atoms with van der Waals surface area (Å²) in [6.07, 6.45) is 2.94. The van der Waals surface area contributed by atoms with E-state index in [-0.39, 0.29) is 5.88 Å². The van der Waals surface area contributed by atoms with Gasteiger partial charge in [-0.2, -0.15) is 11.8 Å². The Morgan fingerprint density at radius 3 is 2.95 bits per heavy atom. The maximum Gasteiger partial charge on any atom is 0.169 e. The molecule has 1 unspecified atom stereocenters. The minimum atomic E-state index is -3.16. The molecule has 1 atom stereocenters. The normalized spacial score (nSPS) is 20.6. The summed E-state index contributed by atoms with van der Waals surface area (Å²) in [4.78, 5) is 10.3. The van der Waals surface area contributed by atoms with Gasteiger partial charge in [0, 0.05) is 36.1 Å². The molecular weight excluding hydrogens is 306 g/mol. The van der Waals surface area contributed by atoms with Crippen molar-refractivity contribution in [1.82, 2.24) is 9.97 Å². The summed E-state index contributed by atoms with van der Waals surface area (Å²) in [6.45, 7) is 2.44. The number of sulfone groups is 1. The highest BCUT2D eigenvalue weighted by atomic mass is 35.5. The summed E-state index contributed by atoms with van der Waals surface area (Å²) in [5.41, 5.74) is 0.771. The van der Waals surface area contributed by atoms with Gasteiger partial charge in [0.05, 0.1) is 5.88 Å². The van der Waals surface area contributed by atoms with Crippen molar-refractivity contribution in [2.75, 3.05) is 29.2 Å². The first-order chi connectivity index (χ1) is 8.93. The molecule has 0 aromatic carbocycles. The third-order valence-corrected chi connectivity index (χ3v) is 5.89. The zero-order chi connectivity index (χ0) is 14.0. The lowest BCUT2D eigenvalue weighted by molar-refractivity contribution is 0.583. The van der Waals surface area contributed by atoms with Crippen LogP contribution in [0, 0.1) is 6.92 Å². The summed E-state index contributed by atoms with van der Waals surface area (Å²) < 4.78 is 23.8. The number of nitrogens with zero attached hydrogens (tertiary/aromatic N) is 3. The first kappa shape index (κ1) is 14.9. The van der Waals surface area contributed by atoms with Gasteiger partial charge in [0.2, 0.25) is 0 Å². The first-order valence-electron chi connectivity index (χ1n) is 5.85. The molecule has 1 aromatic heterocycles. The van der Waals surface area contributed by atoms with Crippen LogP contribution in [0.5, 0.6) is 0 Å². The fourth-order valence-corrected chi connectivity index (χ4v) is 5.01. The van der Waals surface area contributed by atoms with Crippen LogP contribution in [0.25, 0.3) is 0 Å². The molecule has 1 saturated heterocycles. The van der Waals surface area contributed by atoms with Crippen molar-refractivity contribution in [3.8, 4) is 0 Å². The van der Waals surface area contributed by atoms with Crippen LogP contribution >= 0.6 is 23.4 Å². The Kier molecular flexibility index (Phi) is 4.58. The number of aromatic nitrogens is 2. The number of thioether (sulfide) groups is 1. The molecule has 1 aliphatic heterocycles. The largest absolute Gasteiger partial charge is 0.338 e. The van der Waals surface area contributed by atoms with Gasteiger partial charge in [-0.05, 0) is 6.92 Å². The van der Waals surface area contributed by atoms with E-state index in [1.165, 1.54) is 6.26 Å². The maximum absolute atomic E-state index is 11.9. The molecule has 0 radical (unpaired) electrons. The number of anilines is 1. The van der Waals surface area contributed by atoms with Crippen molar-refractivity contribution in [3.05, 3.63) is 17.6 Å². The Balaban J connectivity index is 2.45. The van der Waals surface area contributed by atoms with Crippen molar-refractivity contribution in [1.29, 1.82) is 0 Å². The fourth-order valence-electron chi connectivity index (χ4n) is 2.00. The minimum Gasteiger partial charge on any atom is -0.338 e. The van der Waals surface area contributed by atoms with Gasteiger partial charge < -0.3 is 4.90 Å². The van der Waals surface area contributed by atoms with Crippen LogP contribution in [-0.2, 0) is 15.7 Å². The molecule has 2 heterocycles. The van der Waals surface area contributed by atoms with Gasteiger partial charge >= 0.3 is 0 Å². The lowest BCUT2D eigenvalue weighted by atomic mass is 10.3. The highest BCUT2D eigenvalue weighted by Crippen LogP contribution is 2.28. The average Bonchev–Trinajstić information content (AvgIpc) is 2.37. The number of hydrogen-bond donors (Lipinski definition) is 0. The van der Waals surface area contributed by atoms with Gasteiger partial charge in [0.15, 0.2) is 9.84 Å². The molecule has 106 valence electrons. The lowest BCUT2D eigenvalue weighted by Crippen LogP contribution is -2.47. The Bertz CT molecular complexity index is 565. The number of aryl methyl sites for hydroxylation is 1. The molecular formula is C11H16ClN3O2S2. The van der Waals surface area contributed by atoms with Gasteiger partial charge in [0.25, 0.3) is 0 Å². The van der Waals surface area contributed by atoms with Crippen LogP contribution in [0.15, 0.2) is 6.20 Å². The molecule has 0 spiro atoms. The van der Waals surface area contributed by atoms with Gasteiger partial charge in [-0.25, -0.2) is 18.4 Å². The molecule has 5 nitrogen and oxygen atoms in total. The number of halogens is 1. The predicted molar refractivity (Wildman–Crippen MR) is 79.6 cm³/mol. The smallest absolute Gasteiger partial charge is 0.169 e. The molecule has 19 heavy (non-hydrogen) atoms. The Morgan fingerprint density at radius 2 is 2.32 bits per heavy atom. The van der Waals surface area contributed by atoms with Crippen molar-refractivity contribution in [2.45, 2.75) is 18.2 Å². The Morgan fingerprint density at radius 1 is 1.58 bits per heavy atom. The first-order valence-corrected chi connectivity index (χ1v) is 9.49. The van der Waals surface area contributed by atoms with E-state index in [0.29, 0.717) is 23.9 Å². The third-order valence-electron chi connectivity index (χ3n) is 2.96. The molecule has 0 N–H and O–H groups in total. The van der Waals surface area contributed by atoms with Gasteiger partial charge in [-0.1, -0.05) is 0 Å². The molecule has 1 aliphatic rings. The van der Waals surface area contributed by atoms with Gasteiger partial charge in [-0.3, -0.25) is 0 Å². The monoisotopic (exact) mass is 321 g/mol. The zero-order valence-corrected chi connectivity index (χ0v) is 13.2. The quantitative estimate of drug-likeness (QED) is 0.785. The molecule has 0 saturated carbocycles. The van der Waals surface area contributed by atoms with Crippen molar-refractivity contribution in [2.24, 2.45) is 0 Å². The van der Waals surface area contributed by atoms with Crippen LogP contribution < -0.4 is 4.90 Å². The second kappa shape index (κ2) is 5.85. The summed E-state index contributed by atoms with van der Waals surface area (Å²) in [7, 11) is -3.16. The predicted octanol–water partition coefficient (Wildman–Crippen LogP) is 1.45. The van der Waals surface area contributed by atoms with E-state index < -0.39 is 15.2 Å². The van der Waals surface area contributed by atoms with Crippen molar-refractivity contribution < 1.29 is 8.42 Å². The minimum absolute atomic E-state index is 0.274. The third kappa shape index (κ3) is 3.32. The van der Waals surface area contributed by atoms with Crippen molar-refractivity contribution >= 4 is 39.0 Å². The second-order valence-electron chi connectivity index (χ2n) is 4.45. The molecule has 2 rings (SSSR count). The standard InChI is InChI=1S/C11H16ClN3O2S2/c1-8-13-6-9(5-12)11(14-8)15-3-4-18-7-10(15)19(2,16)17/h6,10H,3-5,7H2,1-2H3. The molecule has 1 fully saturated rings. The summed E-state index contributed by atoms with van der Waals surface area (Å²) in [6, 6.07) is 0. The highest BCUT2D eigenvalue weighted by Gasteiger charge is 2.33. The number of hydrogen-bond acceptors (Lipinski definition) is 6. The van der Waals surface area contributed by atoms with E-state index in [9.17, 15) is 8.42 Å². The zero-order valence-electron chi connectivity index (χ0n) is 10.8. The molecule has 1 aromatic rings. The van der Waals surface area contributed by atoms with Crippen molar-refractivity contribution in [3.63, 3.8) is 0 Å². The van der Waals surface area contributed by atoms with E-state index in [0.717, 1.165) is 11.3 Å². The second-order valence-corrected chi connectivity index (χ2v) is 8.07. The van der Waals surface area contributed by atoms with E-state index in [4.69, 9.17) is 11.6 Å². The molecule has 0 amide bonds. The average molecular weight is 322 g/mol. The Labute approximate surface area is 122 Å². The molecule has 0 aliphatic carbocycles. The molecule has 8 heteroatoms. The van der Waals surface area contributed by atoms with E-state index in [1.807, 2.05) is 4.90 Å². The highest BCUT2D eigenvalue weighted by molar-refractivity contribution is 8.01.